The second-order valence-electron chi connectivity index (χ2n) is 4.40. The highest BCUT2D eigenvalue weighted by atomic mass is 16.5. The van der Waals surface area contributed by atoms with Crippen molar-refractivity contribution in [1.82, 2.24) is 0 Å². The highest BCUT2D eigenvalue weighted by Gasteiger charge is 2.26. The van der Waals surface area contributed by atoms with Crippen molar-refractivity contribution in [2.24, 2.45) is 10.9 Å². The van der Waals surface area contributed by atoms with Crippen molar-refractivity contribution in [3.63, 3.8) is 0 Å². The number of aliphatic imine (C=N–C) groups is 1. The SMILES string of the molecule is CC(C)[C@@H]1COC([C@@H](O)c2ccccc2)=N1. The maximum absolute atomic E-state index is 10.1. The largest absolute Gasteiger partial charge is 0.477 e. The van der Waals surface area contributed by atoms with Crippen molar-refractivity contribution in [2.75, 3.05) is 6.61 Å². The van der Waals surface area contributed by atoms with Gasteiger partial charge >= 0.3 is 0 Å². The Morgan fingerprint density at radius 2 is 2.00 bits per heavy atom. The summed E-state index contributed by atoms with van der Waals surface area (Å²) in [6, 6.07) is 9.64. The van der Waals surface area contributed by atoms with E-state index in [-0.39, 0.29) is 6.04 Å². The Morgan fingerprint density at radius 1 is 1.31 bits per heavy atom. The van der Waals surface area contributed by atoms with E-state index in [1.807, 2.05) is 30.3 Å². The van der Waals surface area contributed by atoms with Crippen molar-refractivity contribution in [3.8, 4) is 0 Å². The zero-order chi connectivity index (χ0) is 11.5. The number of benzene rings is 1. The second kappa shape index (κ2) is 4.66. The Kier molecular flexibility index (Phi) is 3.25. The van der Waals surface area contributed by atoms with Crippen LogP contribution in [0.25, 0.3) is 0 Å². The molecule has 0 fully saturated rings. The van der Waals surface area contributed by atoms with Crippen molar-refractivity contribution in [2.45, 2.75) is 26.0 Å². The Balaban J connectivity index is 2.12. The highest BCUT2D eigenvalue weighted by molar-refractivity contribution is 5.83. The van der Waals surface area contributed by atoms with Crippen molar-refractivity contribution in [1.29, 1.82) is 0 Å². The number of hydrogen-bond acceptors (Lipinski definition) is 3. The van der Waals surface area contributed by atoms with Gasteiger partial charge in [0.25, 0.3) is 0 Å². The summed E-state index contributed by atoms with van der Waals surface area (Å²) in [7, 11) is 0. The predicted molar refractivity (Wildman–Crippen MR) is 63.4 cm³/mol. The fraction of sp³-hybridized carbons (Fsp3) is 0.462. The van der Waals surface area contributed by atoms with Crippen LogP contribution in [0.5, 0.6) is 0 Å². The molecule has 0 saturated heterocycles. The molecule has 0 radical (unpaired) electrons. The number of nitrogens with zero attached hydrogens (tertiary/aromatic N) is 1. The summed E-state index contributed by atoms with van der Waals surface area (Å²) < 4.78 is 5.44. The number of aliphatic hydroxyl groups excluding tert-OH is 1. The van der Waals surface area contributed by atoms with E-state index in [0.29, 0.717) is 18.4 Å². The molecule has 1 aromatic rings. The molecule has 1 heterocycles. The van der Waals surface area contributed by atoms with Crippen molar-refractivity contribution >= 4 is 5.90 Å². The van der Waals surface area contributed by atoms with Crippen LogP contribution in [0, 0.1) is 5.92 Å². The maximum Gasteiger partial charge on any atom is 0.218 e. The molecule has 0 aromatic heterocycles. The third-order valence-electron chi connectivity index (χ3n) is 2.81. The summed E-state index contributed by atoms with van der Waals surface area (Å²) in [5.41, 5.74) is 0.825. The van der Waals surface area contributed by atoms with Gasteiger partial charge in [0, 0.05) is 0 Å². The summed E-state index contributed by atoms with van der Waals surface area (Å²) in [4.78, 5) is 4.41. The summed E-state index contributed by atoms with van der Waals surface area (Å²) in [5.74, 6) is 0.894. The van der Waals surface area contributed by atoms with Crippen molar-refractivity contribution in [3.05, 3.63) is 35.9 Å². The van der Waals surface area contributed by atoms with Crippen LogP contribution in [-0.2, 0) is 4.74 Å². The quantitative estimate of drug-likeness (QED) is 0.846. The van der Waals surface area contributed by atoms with Crippen molar-refractivity contribution < 1.29 is 9.84 Å². The predicted octanol–water partition coefficient (Wildman–Crippen LogP) is 2.17. The van der Waals surface area contributed by atoms with Crippen LogP contribution in [0.4, 0.5) is 0 Å². The first-order valence-corrected chi connectivity index (χ1v) is 5.62. The van der Waals surface area contributed by atoms with E-state index in [2.05, 4.69) is 18.8 Å². The lowest BCUT2D eigenvalue weighted by atomic mass is 10.1. The summed E-state index contributed by atoms with van der Waals surface area (Å²) in [6.07, 6.45) is -0.732. The standard InChI is InChI=1S/C13H17NO2/c1-9(2)11-8-16-13(14-11)12(15)10-6-4-3-5-7-10/h3-7,9,11-12,15H,8H2,1-2H3/t11-,12-/m0/s1. The molecule has 1 aliphatic rings. The third-order valence-corrected chi connectivity index (χ3v) is 2.81. The van der Waals surface area contributed by atoms with Crippen LogP contribution < -0.4 is 0 Å². The fourth-order valence-electron chi connectivity index (χ4n) is 1.68. The monoisotopic (exact) mass is 219 g/mol. The van der Waals surface area contributed by atoms with Gasteiger partial charge in [-0.15, -0.1) is 0 Å². The number of ether oxygens (including phenoxy) is 1. The first kappa shape index (κ1) is 11.1. The average Bonchev–Trinajstić information content (AvgIpc) is 2.78. The van der Waals surface area contributed by atoms with E-state index in [0.717, 1.165) is 5.56 Å². The molecule has 3 nitrogen and oxygen atoms in total. The van der Waals surface area contributed by atoms with Crippen LogP contribution in [0.1, 0.15) is 25.5 Å². The molecule has 2 rings (SSSR count). The second-order valence-corrected chi connectivity index (χ2v) is 4.40. The first-order valence-electron chi connectivity index (χ1n) is 5.62. The van der Waals surface area contributed by atoms with Crippen LogP contribution in [0.15, 0.2) is 35.3 Å². The number of hydrogen-bond donors (Lipinski definition) is 1. The van der Waals surface area contributed by atoms with Gasteiger partial charge in [-0.1, -0.05) is 44.2 Å². The van der Waals surface area contributed by atoms with E-state index in [4.69, 9.17) is 4.74 Å². The van der Waals surface area contributed by atoms with Gasteiger partial charge < -0.3 is 9.84 Å². The Morgan fingerprint density at radius 3 is 2.56 bits per heavy atom. The van der Waals surface area contributed by atoms with Crippen LogP contribution >= 0.6 is 0 Å². The smallest absolute Gasteiger partial charge is 0.218 e. The lowest BCUT2D eigenvalue weighted by Gasteiger charge is -2.09. The van der Waals surface area contributed by atoms with Crippen LogP contribution in [-0.4, -0.2) is 23.7 Å². The molecule has 86 valence electrons. The molecule has 0 spiro atoms. The molecule has 0 aliphatic carbocycles. The minimum atomic E-state index is -0.732. The lowest BCUT2D eigenvalue weighted by Crippen LogP contribution is -2.13. The topological polar surface area (TPSA) is 41.8 Å². The van der Waals surface area contributed by atoms with E-state index < -0.39 is 6.10 Å². The summed E-state index contributed by atoms with van der Waals surface area (Å²) in [6.45, 7) is 4.79. The third kappa shape index (κ3) is 2.25. The molecule has 0 saturated carbocycles. The highest BCUT2D eigenvalue weighted by Crippen LogP contribution is 2.22. The van der Waals surface area contributed by atoms with Crippen LogP contribution in [0.2, 0.25) is 0 Å². The van der Waals surface area contributed by atoms with E-state index >= 15 is 0 Å². The van der Waals surface area contributed by atoms with Gasteiger partial charge in [-0.2, -0.15) is 0 Å². The molecule has 1 aromatic carbocycles. The normalized spacial score (nSPS) is 21.8. The molecule has 1 aliphatic heterocycles. The fourth-order valence-corrected chi connectivity index (χ4v) is 1.68. The van der Waals surface area contributed by atoms with Gasteiger partial charge in [-0.05, 0) is 11.5 Å². The molecule has 16 heavy (non-hydrogen) atoms. The number of rotatable bonds is 3. The average molecular weight is 219 g/mol. The van der Waals surface area contributed by atoms with Crippen LogP contribution in [0.3, 0.4) is 0 Å². The molecule has 3 heteroatoms. The minimum Gasteiger partial charge on any atom is -0.477 e. The molecule has 0 amide bonds. The molecule has 0 unspecified atom stereocenters. The van der Waals surface area contributed by atoms with E-state index in [1.54, 1.807) is 0 Å². The van der Waals surface area contributed by atoms with Gasteiger partial charge in [-0.25, -0.2) is 4.99 Å². The van der Waals surface area contributed by atoms with Gasteiger partial charge in [-0.3, -0.25) is 0 Å². The zero-order valence-electron chi connectivity index (χ0n) is 9.63. The summed E-state index contributed by atoms with van der Waals surface area (Å²) in [5, 5.41) is 10.1. The maximum atomic E-state index is 10.1. The van der Waals surface area contributed by atoms with Gasteiger partial charge in [0.1, 0.15) is 6.61 Å². The Labute approximate surface area is 95.8 Å². The molecule has 2 atom stereocenters. The van der Waals surface area contributed by atoms with Gasteiger partial charge in [0.05, 0.1) is 6.04 Å². The van der Waals surface area contributed by atoms with E-state index in [9.17, 15) is 5.11 Å². The van der Waals surface area contributed by atoms with Gasteiger partial charge in [0.2, 0.25) is 5.90 Å². The molecule has 1 N–H and O–H groups in total. The van der Waals surface area contributed by atoms with E-state index in [1.165, 1.54) is 0 Å². The Hall–Kier alpha value is -1.35. The molecule has 0 bridgehead atoms. The minimum absolute atomic E-state index is 0.174. The zero-order valence-corrected chi connectivity index (χ0v) is 9.63. The summed E-state index contributed by atoms with van der Waals surface area (Å²) >= 11 is 0. The number of aliphatic hydroxyl groups is 1. The molecular weight excluding hydrogens is 202 g/mol. The van der Waals surface area contributed by atoms with Gasteiger partial charge in [0.15, 0.2) is 6.10 Å². The first-order chi connectivity index (χ1) is 7.68. The lowest BCUT2D eigenvalue weighted by molar-refractivity contribution is 0.196. The Bertz CT molecular complexity index is 373. The molecular formula is C13H17NO2.